The Labute approximate surface area is 170 Å². The highest BCUT2D eigenvalue weighted by Gasteiger charge is 2.24. The minimum absolute atomic E-state index is 0. The summed E-state index contributed by atoms with van der Waals surface area (Å²) in [4.78, 5) is 26.7. The number of halogens is 1. The van der Waals surface area contributed by atoms with Crippen LogP contribution in [-0.4, -0.2) is 44.2 Å². The predicted molar refractivity (Wildman–Crippen MR) is 111 cm³/mol. The number of hydrogen-bond acceptors (Lipinski definition) is 4. The molecule has 1 fully saturated rings. The van der Waals surface area contributed by atoms with E-state index >= 15 is 0 Å². The first-order valence-corrected chi connectivity index (χ1v) is 9.30. The average Bonchev–Trinajstić information content (AvgIpc) is 3.14. The Hall–Kier alpha value is -2.41. The molecule has 2 heterocycles. The molecule has 28 heavy (non-hydrogen) atoms. The van der Waals surface area contributed by atoms with Crippen LogP contribution in [0.25, 0.3) is 0 Å². The first-order valence-electron chi connectivity index (χ1n) is 9.30. The maximum Gasteiger partial charge on any atom is 0.243 e. The summed E-state index contributed by atoms with van der Waals surface area (Å²) >= 11 is 0. The summed E-state index contributed by atoms with van der Waals surface area (Å²) < 4.78 is 5.31. The highest BCUT2D eigenvalue weighted by molar-refractivity contribution is 5.97. The van der Waals surface area contributed by atoms with Gasteiger partial charge in [-0.25, -0.2) is 0 Å². The number of ether oxygens (including phenoxy) is 1. The van der Waals surface area contributed by atoms with Crippen molar-refractivity contribution in [2.24, 2.45) is 0 Å². The van der Waals surface area contributed by atoms with Gasteiger partial charge in [0, 0.05) is 24.5 Å². The van der Waals surface area contributed by atoms with Crippen LogP contribution < -0.4 is 15.5 Å². The zero-order valence-corrected chi connectivity index (χ0v) is 16.3. The van der Waals surface area contributed by atoms with E-state index in [9.17, 15) is 9.59 Å². The van der Waals surface area contributed by atoms with E-state index in [-0.39, 0.29) is 30.3 Å². The van der Waals surface area contributed by atoms with Crippen LogP contribution in [0.15, 0.2) is 48.5 Å². The van der Waals surface area contributed by atoms with Crippen molar-refractivity contribution in [3.8, 4) is 0 Å². The van der Waals surface area contributed by atoms with Crippen LogP contribution >= 0.6 is 12.4 Å². The van der Waals surface area contributed by atoms with Crippen molar-refractivity contribution >= 4 is 35.6 Å². The predicted octanol–water partition coefficient (Wildman–Crippen LogP) is 2.17. The van der Waals surface area contributed by atoms with Crippen LogP contribution in [-0.2, 0) is 27.2 Å². The Morgan fingerprint density at radius 1 is 1.14 bits per heavy atom. The maximum absolute atomic E-state index is 12.7. The van der Waals surface area contributed by atoms with Crippen LogP contribution in [0.1, 0.15) is 11.1 Å². The molecule has 0 radical (unpaired) electrons. The van der Waals surface area contributed by atoms with Gasteiger partial charge in [-0.1, -0.05) is 30.3 Å². The van der Waals surface area contributed by atoms with Crippen molar-refractivity contribution in [1.29, 1.82) is 0 Å². The van der Waals surface area contributed by atoms with Crippen molar-refractivity contribution in [1.82, 2.24) is 5.32 Å². The molecular weight excluding hydrogens is 378 g/mol. The fourth-order valence-corrected chi connectivity index (χ4v) is 3.54. The minimum atomic E-state index is -0.324. The Bertz CT molecular complexity index is 835. The van der Waals surface area contributed by atoms with E-state index < -0.39 is 0 Å². The first kappa shape index (κ1) is 20.3. The lowest BCUT2D eigenvalue weighted by atomic mass is 10.1. The van der Waals surface area contributed by atoms with Crippen molar-refractivity contribution in [2.45, 2.75) is 18.9 Å². The minimum Gasteiger partial charge on any atom is -0.378 e. The number of carbonyl (C=O) groups is 2. The molecule has 2 aliphatic heterocycles. The Balaban J connectivity index is 0.00000225. The molecule has 0 saturated carbocycles. The van der Waals surface area contributed by atoms with Crippen LogP contribution in [0.2, 0.25) is 0 Å². The van der Waals surface area contributed by atoms with E-state index in [0.29, 0.717) is 26.2 Å². The molecule has 2 aromatic rings. The largest absolute Gasteiger partial charge is 0.378 e. The molecular formula is C21H24ClN3O3. The second-order valence-electron chi connectivity index (χ2n) is 6.87. The summed E-state index contributed by atoms with van der Waals surface area (Å²) in [6.45, 7) is 2.44. The topological polar surface area (TPSA) is 70.7 Å². The molecule has 2 N–H and O–H groups in total. The number of amides is 2. The van der Waals surface area contributed by atoms with Crippen molar-refractivity contribution in [2.75, 3.05) is 36.5 Å². The third-order valence-electron chi connectivity index (χ3n) is 5.00. The summed E-state index contributed by atoms with van der Waals surface area (Å²) in [5.74, 6) is -0.00695. The molecule has 1 unspecified atom stereocenters. The fraction of sp³-hybridized carbons (Fsp3) is 0.333. The fourth-order valence-electron chi connectivity index (χ4n) is 3.54. The number of para-hydroxylation sites is 1. The van der Waals surface area contributed by atoms with Crippen molar-refractivity contribution in [3.63, 3.8) is 0 Å². The molecule has 4 rings (SSSR count). The summed E-state index contributed by atoms with van der Waals surface area (Å²) in [5, 5.41) is 6.01. The maximum atomic E-state index is 12.7. The number of benzene rings is 2. The lowest BCUT2D eigenvalue weighted by molar-refractivity contribution is -0.121. The number of morpholine rings is 1. The molecule has 2 aromatic carbocycles. The molecule has 2 amide bonds. The Morgan fingerprint density at radius 3 is 2.68 bits per heavy atom. The summed E-state index contributed by atoms with van der Waals surface area (Å²) in [6, 6.07) is 15.2. The highest BCUT2D eigenvalue weighted by Crippen LogP contribution is 2.28. The van der Waals surface area contributed by atoms with Gasteiger partial charge in [-0.15, -0.1) is 12.4 Å². The van der Waals surface area contributed by atoms with Gasteiger partial charge in [-0.3, -0.25) is 9.59 Å². The second-order valence-corrected chi connectivity index (χ2v) is 6.87. The van der Waals surface area contributed by atoms with Crippen molar-refractivity contribution < 1.29 is 14.3 Å². The van der Waals surface area contributed by atoms with Crippen LogP contribution in [0.5, 0.6) is 0 Å². The van der Waals surface area contributed by atoms with E-state index in [1.807, 2.05) is 47.4 Å². The highest BCUT2D eigenvalue weighted by atomic mass is 35.5. The lowest BCUT2D eigenvalue weighted by Gasteiger charge is -2.23. The molecule has 0 spiro atoms. The van der Waals surface area contributed by atoms with Crippen LogP contribution in [0.3, 0.4) is 0 Å². The Morgan fingerprint density at radius 2 is 1.93 bits per heavy atom. The van der Waals surface area contributed by atoms with Gasteiger partial charge in [0.2, 0.25) is 11.8 Å². The first-order chi connectivity index (χ1) is 13.2. The summed E-state index contributed by atoms with van der Waals surface area (Å²) in [7, 11) is 0. The quantitative estimate of drug-likeness (QED) is 0.823. The standard InChI is InChI=1S/C21H23N3O3.ClH/c25-20(24-11-9-16-3-1-2-4-19(16)24)13-15-5-7-17(8-6-15)23-21(26)18-14-27-12-10-22-18;/h1-8,18,22H,9-14H2,(H,23,26);1H. The van der Waals surface area contributed by atoms with Gasteiger partial charge in [0.15, 0.2) is 0 Å². The molecule has 0 aromatic heterocycles. The average molecular weight is 402 g/mol. The smallest absolute Gasteiger partial charge is 0.243 e. The van der Waals surface area contributed by atoms with Crippen LogP contribution in [0.4, 0.5) is 11.4 Å². The summed E-state index contributed by atoms with van der Waals surface area (Å²) in [5.41, 5.74) is 3.90. The number of nitrogens with zero attached hydrogens (tertiary/aromatic N) is 1. The zero-order chi connectivity index (χ0) is 18.6. The van der Waals surface area contributed by atoms with Gasteiger partial charge >= 0.3 is 0 Å². The zero-order valence-electron chi connectivity index (χ0n) is 15.5. The molecule has 1 atom stereocenters. The monoisotopic (exact) mass is 401 g/mol. The molecule has 0 aliphatic carbocycles. The van der Waals surface area contributed by atoms with Crippen LogP contribution in [0, 0.1) is 0 Å². The van der Waals surface area contributed by atoms with E-state index in [0.717, 1.165) is 29.9 Å². The van der Waals surface area contributed by atoms with Gasteiger partial charge in [0.1, 0.15) is 6.04 Å². The number of carbonyl (C=O) groups excluding carboxylic acids is 2. The van der Waals surface area contributed by atoms with Gasteiger partial charge < -0.3 is 20.3 Å². The van der Waals surface area contributed by atoms with Crippen molar-refractivity contribution in [3.05, 3.63) is 59.7 Å². The molecule has 1 saturated heterocycles. The van der Waals surface area contributed by atoms with E-state index in [2.05, 4.69) is 16.7 Å². The van der Waals surface area contributed by atoms with E-state index in [4.69, 9.17) is 4.74 Å². The normalized spacial score (nSPS) is 18.1. The van der Waals surface area contributed by atoms with E-state index in [1.165, 1.54) is 5.56 Å². The third kappa shape index (κ3) is 4.52. The van der Waals surface area contributed by atoms with Gasteiger partial charge in [0.25, 0.3) is 0 Å². The Kier molecular flexibility index (Phi) is 6.67. The van der Waals surface area contributed by atoms with Gasteiger partial charge in [0.05, 0.1) is 19.6 Å². The lowest BCUT2D eigenvalue weighted by Crippen LogP contribution is -2.48. The molecule has 0 bridgehead atoms. The number of anilines is 2. The molecule has 2 aliphatic rings. The number of hydrogen-bond donors (Lipinski definition) is 2. The number of nitrogens with one attached hydrogen (secondary N) is 2. The van der Waals surface area contributed by atoms with Gasteiger partial charge in [-0.2, -0.15) is 0 Å². The second kappa shape index (κ2) is 9.19. The van der Waals surface area contributed by atoms with E-state index in [1.54, 1.807) is 0 Å². The summed E-state index contributed by atoms with van der Waals surface area (Å²) in [6.07, 6.45) is 1.26. The number of fused-ring (bicyclic) bond motifs is 1. The number of rotatable bonds is 4. The molecule has 6 nitrogen and oxygen atoms in total. The molecule has 7 heteroatoms. The SMILES string of the molecule is Cl.O=C(Nc1ccc(CC(=O)N2CCc3ccccc32)cc1)C1COCCN1. The van der Waals surface area contributed by atoms with Gasteiger partial charge in [-0.05, 0) is 35.7 Å². The molecule has 148 valence electrons. The third-order valence-corrected chi connectivity index (χ3v) is 5.00.